The molecule has 9 aromatic carbocycles. The molecular weight excluding hydrogens is 707 g/mol. The Balaban J connectivity index is 1.05. The van der Waals surface area contributed by atoms with E-state index in [9.17, 15) is 0 Å². The maximum atomic E-state index is 2.51. The van der Waals surface area contributed by atoms with Gasteiger partial charge in [0.1, 0.15) is 0 Å². The molecular formula is C55H39NS. The molecule has 0 bridgehead atoms. The smallest absolute Gasteiger partial charge is 0.0488 e. The first kappa shape index (κ1) is 33.6. The third-order valence-electron chi connectivity index (χ3n) is 12.3. The lowest BCUT2D eigenvalue weighted by Gasteiger charge is -2.29. The van der Waals surface area contributed by atoms with E-state index in [-0.39, 0.29) is 5.41 Å². The van der Waals surface area contributed by atoms with Crippen LogP contribution in [-0.2, 0) is 12.0 Å². The minimum absolute atomic E-state index is 0.251. The third kappa shape index (κ3) is 5.51. The van der Waals surface area contributed by atoms with Crippen molar-refractivity contribution in [2.45, 2.75) is 18.9 Å². The van der Waals surface area contributed by atoms with Crippen LogP contribution in [0.3, 0.4) is 0 Å². The lowest BCUT2D eigenvalue weighted by molar-refractivity contribution is 0.713. The van der Waals surface area contributed by atoms with Crippen molar-refractivity contribution in [3.63, 3.8) is 0 Å². The van der Waals surface area contributed by atoms with Crippen LogP contribution in [0.25, 0.3) is 64.3 Å². The van der Waals surface area contributed by atoms with Crippen LogP contribution < -0.4 is 4.90 Å². The average molecular weight is 746 g/mol. The molecule has 0 N–H and O–H groups in total. The predicted molar refractivity (Wildman–Crippen MR) is 244 cm³/mol. The fourth-order valence-corrected chi connectivity index (χ4v) is 10.5. The van der Waals surface area contributed by atoms with Gasteiger partial charge in [-0.2, -0.15) is 0 Å². The molecule has 1 atom stereocenters. The van der Waals surface area contributed by atoms with E-state index >= 15 is 0 Å². The van der Waals surface area contributed by atoms with Crippen molar-refractivity contribution in [3.05, 3.63) is 229 Å². The van der Waals surface area contributed by atoms with Crippen LogP contribution in [0.15, 0.2) is 206 Å². The monoisotopic (exact) mass is 745 g/mol. The van der Waals surface area contributed by atoms with Gasteiger partial charge in [-0.1, -0.05) is 164 Å². The molecule has 1 unspecified atom stereocenters. The number of hydrogen-bond donors (Lipinski definition) is 0. The fourth-order valence-electron chi connectivity index (χ4n) is 9.39. The minimum Gasteiger partial charge on any atom is -0.337 e. The molecule has 57 heavy (non-hydrogen) atoms. The number of fused-ring (bicyclic) bond motifs is 7. The minimum atomic E-state index is -0.251. The normalized spacial score (nSPS) is 14.5. The van der Waals surface area contributed by atoms with Crippen LogP contribution in [0.1, 0.15) is 29.2 Å². The highest BCUT2D eigenvalue weighted by atomic mass is 32.1. The molecule has 1 aliphatic rings. The molecule has 0 radical (unpaired) electrons. The molecule has 1 aliphatic carbocycles. The second-order valence-corrected chi connectivity index (χ2v) is 16.5. The van der Waals surface area contributed by atoms with Crippen LogP contribution in [0.4, 0.5) is 11.4 Å². The van der Waals surface area contributed by atoms with Gasteiger partial charge in [-0.15, -0.1) is 11.3 Å². The van der Waals surface area contributed by atoms with Gasteiger partial charge in [0.15, 0.2) is 0 Å². The number of nitrogens with zero attached hydrogens (tertiary/aromatic N) is 1. The van der Waals surface area contributed by atoms with Crippen molar-refractivity contribution in [1.29, 1.82) is 0 Å². The van der Waals surface area contributed by atoms with Gasteiger partial charge in [-0.25, -0.2) is 0 Å². The summed E-state index contributed by atoms with van der Waals surface area (Å²) in [5.74, 6) is 0. The van der Waals surface area contributed by atoms with E-state index in [2.05, 4.69) is 218 Å². The molecule has 0 spiro atoms. The van der Waals surface area contributed by atoms with Crippen LogP contribution >= 0.6 is 11.3 Å². The number of thiophene rings is 1. The summed E-state index contributed by atoms with van der Waals surface area (Å²) in [6, 6.07) is 76.3. The molecule has 0 fully saturated rings. The van der Waals surface area contributed by atoms with E-state index in [0.717, 1.165) is 11.4 Å². The molecule has 0 saturated heterocycles. The molecule has 11 rings (SSSR count). The maximum absolute atomic E-state index is 2.51. The highest BCUT2D eigenvalue weighted by Crippen LogP contribution is 2.54. The van der Waals surface area contributed by atoms with Gasteiger partial charge >= 0.3 is 0 Å². The summed E-state index contributed by atoms with van der Waals surface area (Å²) in [6.45, 7) is 3.12. The predicted octanol–water partition coefficient (Wildman–Crippen LogP) is 15.2. The Kier molecular flexibility index (Phi) is 7.94. The molecule has 270 valence electrons. The standard InChI is InChI=1S/C55H39NS/c1-55(42-18-3-2-4-19-42)50-25-9-7-23-48(50)54-41(17-13-26-51(54)55)36-56(43-31-28-38(29-32-43)46-24-12-15-37-14-5-6-21-45(37)46)44-20-11-16-39(34-44)40-30-33-53-49(35-40)47-22-8-10-27-52(47)57-53/h2-35H,36H2,1H3. The SMILES string of the molecule is CC1(c2ccccc2)c2ccccc2-c2c(CN(c3ccc(-c4cccc5ccccc45)cc3)c3cccc(-c4ccc5sc6ccccc6c5c4)c3)cccc21. The van der Waals surface area contributed by atoms with Gasteiger partial charge in [0.2, 0.25) is 0 Å². The Bertz CT molecular complexity index is 3110. The first-order valence-corrected chi connectivity index (χ1v) is 20.6. The van der Waals surface area contributed by atoms with Crippen LogP contribution in [0.2, 0.25) is 0 Å². The zero-order chi connectivity index (χ0) is 37.9. The van der Waals surface area contributed by atoms with Crippen molar-refractivity contribution in [2.24, 2.45) is 0 Å². The Morgan fingerprint density at radius 2 is 1.09 bits per heavy atom. The largest absolute Gasteiger partial charge is 0.337 e. The summed E-state index contributed by atoms with van der Waals surface area (Å²) < 4.78 is 2.65. The summed E-state index contributed by atoms with van der Waals surface area (Å²) in [7, 11) is 0. The van der Waals surface area contributed by atoms with Gasteiger partial charge in [-0.3, -0.25) is 0 Å². The summed E-state index contributed by atoms with van der Waals surface area (Å²) >= 11 is 1.87. The van der Waals surface area contributed by atoms with Crippen molar-refractivity contribution in [1.82, 2.24) is 0 Å². The lowest BCUT2D eigenvalue weighted by Crippen LogP contribution is -2.22. The van der Waals surface area contributed by atoms with E-state index in [1.54, 1.807) is 0 Å². The lowest BCUT2D eigenvalue weighted by atomic mass is 9.74. The summed E-state index contributed by atoms with van der Waals surface area (Å²) in [6.07, 6.45) is 0. The molecule has 1 nitrogen and oxygen atoms in total. The topological polar surface area (TPSA) is 3.24 Å². The van der Waals surface area contributed by atoms with Crippen molar-refractivity contribution in [3.8, 4) is 33.4 Å². The fraction of sp³-hybridized carbons (Fsp3) is 0.0545. The number of benzene rings is 9. The second kappa shape index (κ2) is 13.5. The van der Waals surface area contributed by atoms with E-state index in [0.29, 0.717) is 6.54 Å². The van der Waals surface area contributed by atoms with E-state index in [4.69, 9.17) is 0 Å². The molecule has 2 heteroatoms. The van der Waals surface area contributed by atoms with Gasteiger partial charge in [-0.05, 0) is 116 Å². The third-order valence-corrected chi connectivity index (χ3v) is 13.4. The van der Waals surface area contributed by atoms with Gasteiger partial charge in [0, 0.05) is 43.5 Å². The average Bonchev–Trinajstić information content (AvgIpc) is 3.79. The van der Waals surface area contributed by atoms with Crippen LogP contribution in [-0.4, -0.2) is 0 Å². The van der Waals surface area contributed by atoms with Crippen molar-refractivity contribution < 1.29 is 0 Å². The maximum Gasteiger partial charge on any atom is 0.0488 e. The highest BCUT2D eigenvalue weighted by molar-refractivity contribution is 7.25. The van der Waals surface area contributed by atoms with Crippen molar-refractivity contribution >= 4 is 53.7 Å². The van der Waals surface area contributed by atoms with Gasteiger partial charge in [0.25, 0.3) is 0 Å². The number of rotatable bonds is 7. The Morgan fingerprint density at radius 3 is 1.98 bits per heavy atom. The Labute approximate surface area is 337 Å². The zero-order valence-electron chi connectivity index (χ0n) is 31.7. The molecule has 1 aromatic heterocycles. The molecule has 0 saturated carbocycles. The first-order valence-electron chi connectivity index (χ1n) is 19.8. The van der Waals surface area contributed by atoms with E-state index < -0.39 is 0 Å². The van der Waals surface area contributed by atoms with Crippen molar-refractivity contribution in [2.75, 3.05) is 4.90 Å². The second-order valence-electron chi connectivity index (χ2n) is 15.4. The summed E-state index contributed by atoms with van der Waals surface area (Å²) in [4.78, 5) is 2.51. The summed E-state index contributed by atoms with van der Waals surface area (Å²) in [5.41, 5.74) is 15.0. The molecule has 0 aliphatic heterocycles. The quantitative estimate of drug-likeness (QED) is 0.157. The van der Waals surface area contributed by atoms with E-state index in [1.807, 2.05) is 11.3 Å². The van der Waals surface area contributed by atoms with Gasteiger partial charge < -0.3 is 4.90 Å². The number of hydrogen-bond acceptors (Lipinski definition) is 2. The van der Waals surface area contributed by atoms with Crippen LogP contribution in [0.5, 0.6) is 0 Å². The molecule has 10 aromatic rings. The Morgan fingerprint density at radius 1 is 0.439 bits per heavy atom. The first-order chi connectivity index (χ1) is 28.1. The summed E-state index contributed by atoms with van der Waals surface area (Å²) in [5, 5.41) is 5.17. The molecule has 0 amide bonds. The van der Waals surface area contributed by atoms with Crippen LogP contribution in [0, 0.1) is 0 Å². The zero-order valence-corrected chi connectivity index (χ0v) is 32.5. The van der Waals surface area contributed by atoms with E-state index in [1.165, 1.54) is 86.6 Å². The van der Waals surface area contributed by atoms with Gasteiger partial charge in [0.05, 0.1) is 0 Å². The molecule has 1 heterocycles. The number of anilines is 2. The highest BCUT2D eigenvalue weighted by Gasteiger charge is 2.41. The Hall–Kier alpha value is -6.74.